The van der Waals surface area contributed by atoms with Gasteiger partial charge in [-0.25, -0.2) is 4.79 Å². The monoisotopic (exact) mass is 649 g/mol. The summed E-state index contributed by atoms with van der Waals surface area (Å²) in [6.45, 7) is 25.1. The van der Waals surface area contributed by atoms with Crippen LogP contribution in [0, 0.1) is 12.3 Å². The lowest BCUT2D eigenvalue weighted by Gasteiger charge is -2.41. The molecule has 0 radical (unpaired) electrons. The van der Waals surface area contributed by atoms with Crippen LogP contribution in [-0.4, -0.2) is 61.0 Å². The predicted octanol–water partition coefficient (Wildman–Crippen LogP) is 8.50. The van der Waals surface area contributed by atoms with Crippen LogP contribution < -0.4 is 4.90 Å². The molecule has 6 nitrogen and oxygen atoms in total. The molecule has 48 heavy (non-hydrogen) atoms. The van der Waals surface area contributed by atoms with Gasteiger partial charge in [0.2, 0.25) is 5.91 Å². The Morgan fingerprint density at radius 3 is 2.44 bits per heavy atom. The summed E-state index contributed by atoms with van der Waals surface area (Å²) in [4.78, 5) is 32.0. The molecule has 0 aromatic heterocycles. The number of aryl methyl sites for hydroxylation is 1. The van der Waals surface area contributed by atoms with Gasteiger partial charge in [-0.2, -0.15) is 0 Å². The smallest absolute Gasteiger partial charge is 0.333 e. The second-order valence-electron chi connectivity index (χ2n) is 14.6. The van der Waals surface area contributed by atoms with Crippen molar-refractivity contribution in [2.75, 3.05) is 32.1 Å². The average Bonchev–Trinajstić information content (AvgIpc) is 3.50. The van der Waals surface area contributed by atoms with E-state index in [0.29, 0.717) is 5.57 Å². The molecular weight excluding hydrogens is 594 g/mol. The predicted molar refractivity (Wildman–Crippen MR) is 200 cm³/mol. The maximum absolute atomic E-state index is 13.3. The minimum atomic E-state index is -0.455. The molecule has 0 saturated heterocycles. The largest absolute Gasteiger partial charge is 0.460 e. The van der Waals surface area contributed by atoms with Gasteiger partial charge in [0, 0.05) is 53.8 Å². The fraction of sp³-hybridized carbons (Fsp3) is 0.429. The van der Waals surface area contributed by atoms with Crippen molar-refractivity contribution in [3.63, 3.8) is 0 Å². The summed E-state index contributed by atoms with van der Waals surface area (Å²) in [5.74, 6) is -0.551. The minimum absolute atomic E-state index is 0.0493. The standard InChI is InChI=1S/C42H55N3O3/c1-28(2)40(47)48-27-26-45(32(6)46)39-33(22-24-36-41(7,8)30(4)17-13-14-18-31(5)43(36)11)20-21-34(39)23-25-37-42(9,10)38-29(3)16-15-19-35(38)44(37)12/h13-19,22-25,31,36H,1,4,20-21,26-27H2,2-3,5-12H3/b17-13-,18-14-,24-22+,34-23+,37-25+. The highest BCUT2D eigenvalue weighted by atomic mass is 16.5. The Morgan fingerprint density at radius 1 is 1.08 bits per heavy atom. The van der Waals surface area contributed by atoms with Crippen molar-refractivity contribution in [1.29, 1.82) is 0 Å². The van der Waals surface area contributed by atoms with Crippen molar-refractivity contribution in [2.45, 2.75) is 85.7 Å². The van der Waals surface area contributed by atoms with Gasteiger partial charge < -0.3 is 14.5 Å². The molecule has 0 N–H and O–H groups in total. The Bertz CT molecular complexity index is 1660. The highest BCUT2D eigenvalue weighted by Gasteiger charge is 2.39. The third-order valence-corrected chi connectivity index (χ3v) is 10.4. The number of likely N-dealkylation sites (N-methyl/N-ethyl adjacent to an activating group) is 2. The molecular formula is C42H55N3O3. The first-order valence-electron chi connectivity index (χ1n) is 17.0. The first kappa shape index (κ1) is 36.7. The van der Waals surface area contributed by atoms with Crippen molar-refractivity contribution in [2.24, 2.45) is 5.41 Å². The van der Waals surface area contributed by atoms with Crippen molar-refractivity contribution in [3.8, 4) is 0 Å². The van der Waals surface area contributed by atoms with Crippen LogP contribution >= 0.6 is 0 Å². The van der Waals surface area contributed by atoms with Crippen LogP contribution in [0.15, 0.2) is 114 Å². The number of carbonyl (C=O) groups excluding carboxylic acids is 2. The number of rotatable bonds is 8. The SMILES string of the molecule is C=C(C)C(=O)OCCN(C(C)=O)C1=C(/C=C/C2N(C)C(C)/C=C\C=C/C(=C)C2(C)C)CC/C1=C\C=C1\N(C)c2cccc(C)c2C1(C)C. The Labute approximate surface area is 289 Å². The van der Waals surface area contributed by atoms with Gasteiger partial charge in [0.15, 0.2) is 0 Å². The molecule has 3 aliphatic rings. The van der Waals surface area contributed by atoms with Crippen LogP contribution in [0.3, 0.4) is 0 Å². The fourth-order valence-electron chi connectivity index (χ4n) is 7.37. The molecule has 1 aromatic carbocycles. The second-order valence-corrected chi connectivity index (χ2v) is 14.6. The van der Waals surface area contributed by atoms with E-state index in [4.69, 9.17) is 4.74 Å². The van der Waals surface area contributed by atoms with Crippen LogP contribution in [-0.2, 0) is 19.7 Å². The van der Waals surface area contributed by atoms with E-state index < -0.39 is 5.97 Å². The maximum atomic E-state index is 13.3. The van der Waals surface area contributed by atoms with E-state index in [-0.39, 0.29) is 42.0 Å². The second kappa shape index (κ2) is 14.5. The number of carbonyl (C=O) groups is 2. The van der Waals surface area contributed by atoms with Gasteiger partial charge in [-0.3, -0.25) is 9.69 Å². The lowest BCUT2D eigenvalue weighted by molar-refractivity contribution is -0.140. The number of esters is 1. The van der Waals surface area contributed by atoms with E-state index in [1.807, 2.05) is 0 Å². The van der Waals surface area contributed by atoms with Crippen LogP contribution in [0.25, 0.3) is 0 Å². The van der Waals surface area contributed by atoms with Crippen LogP contribution in [0.4, 0.5) is 5.69 Å². The van der Waals surface area contributed by atoms with Gasteiger partial charge in [0.1, 0.15) is 6.61 Å². The van der Waals surface area contributed by atoms with Gasteiger partial charge in [0.25, 0.3) is 0 Å². The molecule has 256 valence electrons. The van der Waals surface area contributed by atoms with E-state index in [9.17, 15) is 9.59 Å². The van der Waals surface area contributed by atoms with Crippen molar-refractivity contribution >= 4 is 17.6 Å². The quantitative estimate of drug-likeness (QED) is 0.209. The zero-order valence-corrected chi connectivity index (χ0v) is 30.8. The van der Waals surface area contributed by atoms with Gasteiger partial charge in [-0.15, -0.1) is 0 Å². The Kier molecular flexibility index (Phi) is 11.1. The van der Waals surface area contributed by atoms with E-state index in [0.717, 1.165) is 35.3 Å². The third kappa shape index (κ3) is 7.29. The third-order valence-electron chi connectivity index (χ3n) is 10.4. The zero-order chi connectivity index (χ0) is 35.6. The molecule has 2 unspecified atom stereocenters. The molecule has 1 amide bonds. The summed E-state index contributed by atoms with van der Waals surface area (Å²) in [6, 6.07) is 6.74. The number of allylic oxidation sites excluding steroid dienone is 9. The number of ether oxygens (including phenoxy) is 1. The summed E-state index contributed by atoms with van der Waals surface area (Å²) < 4.78 is 5.46. The molecule has 1 aromatic rings. The van der Waals surface area contributed by atoms with E-state index in [1.54, 1.807) is 18.7 Å². The van der Waals surface area contributed by atoms with E-state index in [2.05, 4.69) is 145 Å². The molecule has 1 aliphatic carbocycles. The zero-order valence-electron chi connectivity index (χ0n) is 30.8. The highest BCUT2D eigenvalue weighted by molar-refractivity contribution is 5.87. The number of amides is 1. The van der Waals surface area contributed by atoms with Crippen molar-refractivity contribution in [1.82, 2.24) is 9.80 Å². The van der Waals surface area contributed by atoms with Crippen molar-refractivity contribution in [3.05, 3.63) is 125 Å². The van der Waals surface area contributed by atoms with Gasteiger partial charge in [-0.05, 0) is 80.6 Å². The van der Waals surface area contributed by atoms with E-state index in [1.165, 1.54) is 22.5 Å². The number of fused-ring (bicyclic) bond motifs is 1. The number of benzene rings is 1. The molecule has 2 aliphatic heterocycles. The van der Waals surface area contributed by atoms with Gasteiger partial charge in [-0.1, -0.05) is 95.5 Å². The van der Waals surface area contributed by atoms with Crippen LogP contribution in [0.5, 0.6) is 0 Å². The summed E-state index contributed by atoms with van der Waals surface area (Å²) in [5, 5.41) is 0. The van der Waals surface area contributed by atoms with Gasteiger partial charge >= 0.3 is 5.97 Å². The number of hydrogen-bond acceptors (Lipinski definition) is 5. The Morgan fingerprint density at radius 2 is 1.79 bits per heavy atom. The molecule has 0 bridgehead atoms. The molecule has 0 fully saturated rings. The molecule has 0 spiro atoms. The molecule has 0 saturated carbocycles. The van der Waals surface area contributed by atoms with Crippen molar-refractivity contribution < 1.29 is 14.3 Å². The Balaban J connectivity index is 1.81. The molecule has 4 rings (SSSR count). The highest BCUT2D eigenvalue weighted by Crippen LogP contribution is 2.48. The summed E-state index contributed by atoms with van der Waals surface area (Å²) >= 11 is 0. The molecule has 2 atom stereocenters. The average molecular weight is 650 g/mol. The van der Waals surface area contributed by atoms with Gasteiger partial charge in [0.05, 0.1) is 12.2 Å². The van der Waals surface area contributed by atoms with E-state index >= 15 is 0 Å². The first-order valence-corrected chi connectivity index (χ1v) is 17.0. The first-order chi connectivity index (χ1) is 22.5. The summed E-state index contributed by atoms with van der Waals surface area (Å²) in [6.07, 6.45) is 18.9. The maximum Gasteiger partial charge on any atom is 0.333 e. The lowest BCUT2D eigenvalue weighted by atomic mass is 9.76. The summed E-state index contributed by atoms with van der Waals surface area (Å²) in [5.41, 5.74) is 9.09. The van der Waals surface area contributed by atoms with Crippen LogP contribution in [0.2, 0.25) is 0 Å². The topological polar surface area (TPSA) is 53.1 Å². The fourth-order valence-corrected chi connectivity index (χ4v) is 7.37. The molecule has 6 heteroatoms. The minimum Gasteiger partial charge on any atom is -0.460 e. The summed E-state index contributed by atoms with van der Waals surface area (Å²) in [7, 11) is 4.28. The lowest BCUT2D eigenvalue weighted by Crippen LogP contribution is -2.46. The number of nitrogens with zero attached hydrogens (tertiary/aromatic N) is 3. The van der Waals surface area contributed by atoms with Crippen LogP contribution in [0.1, 0.15) is 72.4 Å². The number of anilines is 1. The Hall–Kier alpha value is -4.16. The number of hydrogen-bond donors (Lipinski definition) is 0. The molecule has 2 heterocycles. The normalized spacial score (nSPS) is 25.2.